The molecular formula is C42H46N4O2. The number of benzene rings is 4. The predicted molar refractivity (Wildman–Crippen MR) is 197 cm³/mol. The average Bonchev–Trinajstić information content (AvgIpc) is 2.97. The molecule has 3 aliphatic carbocycles. The Morgan fingerprint density at radius 2 is 1.35 bits per heavy atom. The van der Waals surface area contributed by atoms with Crippen molar-refractivity contribution in [2.45, 2.75) is 91.4 Å². The SMILES string of the molecule is CC1CC(C)(C)CC2(C1)N=c1/c(=C3/C(=O)C(c4ccc5cccc6c5c4NC4(CC(C)CC(C)(C)C4)N6)=C3O)ccc3cccc(c13)N2. The van der Waals surface area contributed by atoms with Gasteiger partial charge >= 0.3 is 0 Å². The molecule has 4 N–H and O–H groups in total. The van der Waals surface area contributed by atoms with E-state index in [9.17, 15) is 9.90 Å². The van der Waals surface area contributed by atoms with Gasteiger partial charge in [-0.15, -0.1) is 0 Å². The number of hydrogen-bond donors (Lipinski definition) is 4. The predicted octanol–water partition coefficient (Wildman–Crippen LogP) is 8.66. The summed E-state index contributed by atoms with van der Waals surface area (Å²) in [5, 5.41) is 29.5. The topological polar surface area (TPSA) is 85.8 Å². The van der Waals surface area contributed by atoms with E-state index < -0.39 is 5.66 Å². The van der Waals surface area contributed by atoms with Crippen molar-refractivity contribution in [1.29, 1.82) is 0 Å². The van der Waals surface area contributed by atoms with Crippen LogP contribution in [-0.4, -0.2) is 22.2 Å². The largest absolute Gasteiger partial charge is 0.506 e. The lowest BCUT2D eigenvalue weighted by atomic mass is 9.67. The van der Waals surface area contributed by atoms with Gasteiger partial charge in [-0.05, 0) is 84.1 Å². The maximum Gasteiger partial charge on any atom is 0.201 e. The Bertz CT molecular complexity index is 2260. The van der Waals surface area contributed by atoms with Crippen LogP contribution in [0.4, 0.5) is 17.1 Å². The highest BCUT2D eigenvalue weighted by Crippen LogP contribution is 2.52. The monoisotopic (exact) mass is 638 g/mol. The zero-order chi connectivity index (χ0) is 33.4. The third-order valence-corrected chi connectivity index (χ3v) is 11.7. The minimum atomic E-state index is -0.455. The molecule has 4 aromatic rings. The molecular weight excluding hydrogens is 592 g/mol. The number of carbonyl (C=O) groups excluding carboxylic acids is 1. The summed E-state index contributed by atoms with van der Waals surface area (Å²) in [4.78, 5) is 20.0. The van der Waals surface area contributed by atoms with E-state index >= 15 is 0 Å². The molecule has 0 saturated heterocycles. The maximum absolute atomic E-state index is 14.5. The molecule has 2 spiro atoms. The van der Waals surface area contributed by atoms with Gasteiger partial charge in [0.25, 0.3) is 0 Å². The standard InChI is InChI=1S/C42H46N4O2/c1-23-17-39(3,4)21-41(19-23)43-29-11-7-9-25-13-15-27(35(45-41)31(25)29)33-37(47)34(38(33)48)28-16-14-26-10-8-12-30-32(26)36(28)46-42(44-30)20-24(2)18-40(5,6)22-42/h7-16,23-24,43-45,47H,17-22H2,1-6H3/b34-28+. The third-order valence-electron chi connectivity index (χ3n) is 11.7. The number of allylic oxidation sites excluding steroid dienone is 2. The Kier molecular flexibility index (Phi) is 5.99. The minimum Gasteiger partial charge on any atom is -0.506 e. The lowest BCUT2D eigenvalue weighted by Gasteiger charge is -2.51. The quantitative estimate of drug-likeness (QED) is 0.168. The van der Waals surface area contributed by atoms with Gasteiger partial charge in [0.2, 0.25) is 5.78 Å². The van der Waals surface area contributed by atoms with Crippen molar-refractivity contribution in [3.05, 3.63) is 82.6 Å². The van der Waals surface area contributed by atoms with Crippen LogP contribution in [0, 0.1) is 22.7 Å². The molecule has 2 heterocycles. The number of ketones is 1. The van der Waals surface area contributed by atoms with Crippen molar-refractivity contribution in [2.24, 2.45) is 27.7 Å². The molecule has 4 atom stereocenters. The molecule has 6 nitrogen and oxygen atoms in total. The molecule has 4 aromatic carbocycles. The average molecular weight is 639 g/mol. The zero-order valence-electron chi connectivity index (χ0n) is 29.0. The highest BCUT2D eigenvalue weighted by Gasteiger charge is 2.48. The van der Waals surface area contributed by atoms with Crippen molar-refractivity contribution >= 4 is 55.5 Å². The van der Waals surface area contributed by atoms with Crippen molar-refractivity contribution in [3.63, 3.8) is 0 Å². The van der Waals surface area contributed by atoms with Gasteiger partial charge in [0.1, 0.15) is 17.1 Å². The summed E-state index contributed by atoms with van der Waals surface area (Å²) in [6.45, 7) is 14.0. The Labute approximate surface area is 282 Å². The highest BCUT2D eigenvalue weighted by molar-refractivity contribution is 6.52. The van der Waals surface area contributed by atoms with Crippen molar-refractivity contribution in [1.82, 2.24) is 0 Å². The van der Waals surface area contributed by atoms with E-state index in [1.807, 2.05) is 12.1 Å². The number of nitrogens with zero attached hydrogens (tertiary/aromatic N) is 1. The number of rotatable bonds is 1. The molecule has 6 heteroatoms. The van der Waals surface area contributed by atoms with E-state index in [4.69, 9.17) is 4.99 Å². The van der Waals surface area contributed by atoms with E-state index in [2.05, 4.69) is 106 Å². The van der Waals surface area contributed by atoms with E-state index in [1.54, 1.807) is 0 Å². The first-order valence-corrected chi connectivity index (χ1v) is 17.8. The van der Waals surface area contributed by atoms with Crippen molar-refractivity contribution in [3.8, 4) is 0 Å². The van der Waals surface area contributed by atoms with E-state index in [0.717, 1.165) is 86.9 Å². The summed E-state index contributed by atoms with van der Waals surface area (Å²) in [6, 6.07) is 20.8. The van der Waals surface area contributed by atoms with Crippen LogP contribution in [-0.2, 0) is 4.79 Å². The lowest BCUT2D eigenvalue weighted by molar-refractivity contribution is -0.109. The van der Waals surface area contributed by atoms with Gasteiger partial charge < -0.3 is 21.1 Å². The van der Waals surface area contributed by atoms with Crippen LogP contribution in [0.1, 0.15) is 85.6 Å². The molecule has 9 rings (SSSR count). The molecule has 2 fully saturated rings. The maximum atomic E-state index is 14.5. The van der Waals surface area contributed by atoms with Crippen LogP contribution in [0.3, 0.4) is 0 Å². The van der Waals surface area contributed by atoms with Gasteiger partial charge in [-0.25, -0.2) is 0 Å². The van der Waals surface area contributed by atoms with Gasteiger partial charge in [0.15, 0.2) is 0 Å². The Morgan fingerprint density at radius 1 is 0.708 bits per heavy atom. The Hall–Kier alpha value is -4.32. The van der Waals surface area contributed by atoms with Gasteiger partial charge in [-0.1, -0.05) is 90.1 Å². The van der Waals surface area contributed by atoms with Crippen LogP contribution in [0.2, 0.25) is 0 Å². The van der Waals surface area contributed by atoms with Crippen LogP contribution < -0.4 is 26.5 Å². The molecule has 0 radical (unpaired) electrons. The number of anilines is 3. The Morgan fingerprint density at radius 3 is 2.04 bits per heavy atom. The van der Waals surface area contributed by atoms with Gasteiger partial charge in [-0.3, -0.25) is 9.79 Å². The fourth-order valence-corrected chi connectivity index (χ4v) is 11.0. The summed E-state index contributed by atoms with van der Waals surface area (Å²) in [6.07, 6.45) is 6.10. The second-order valence-corrected chi connectivity index (χ2v) is 17.5. The summed E-state index contributed by atoms with van der Waals surface area (Å²) >= 11 is 0. The molecule has 246 valence electrons. The smallest absolute Gasteiger partial charge is 0.201 e. The summed E-state index contributed by atoms with van der Waals surface area (Å²) in [5.41, 5.74) is 4.10. The first-order valence-electron chi connectivity index (χ1n) is 17.8. The first-order chi connectivity index (χ1) is 22.8. The highest BCUT2D eigenvalue weighted by atomic mass is 16.3. The second-order valence-electron chi connectivity index (χ2n) is 17.5. The van der Waals surface area contributed by atoms with Crippen molar-refractivity contribution < 1.29 is 9.90 Å². The number of carbonyl (C=O) groups is 1. The van der Waals surface area contributed by atoms with Crippen LogP contribution in [0.25, 0.3) is 32.7 Å². The first kappa shape index (κ1) is 29.8. The molecule has 0 bridgehead atoms. The number of aliphatic hydroxyl groups is 1. The van der Waals surface area contributed by atoms with E-state index in [1.165, 1.54) is 6.42 Å². The minimum absolute atomic E-state index is 0.0630. The van der Waals surface area contributed by atoms with Gasteiger partial charge in [0.05, 0.1) is 22.2 Å². The molecule has 0 amide bonds. The molecule has 2 aliphatic heterocycles. The zero-order valence-corrected chi connectivity index (χ0v) is 29.0. The third kappa shape index (κ3) is 4.37. The van der Waals surface area contributed by atoms with Crippen LogP contribution >= 0.6 is 0 Å². The van der Waals surface area contributed by atoms with E-state index in [0.29, 0.717) is 23.0 Å². The lowest BCUT2D eigenvalue weighted by Crippen LogP contribution is -2.55. The van der Waals surface area contributed by atoms with Crippen LogP contribution in [0.15, 0.2) is 71.4 Å². The molecule has 0 aromatic heterocycles. The number of hydrogen-bond acceptors (Lipinski definition) is 6. The summed E-state index contributed by atoms with van der Waals surface area (Å²) < 4.78 is 0. The summed E-state index contributed by atoms with van der Waals surface area (Å²) in [5.74, 6) is 0.982. The fraction of sp³-hybridized carbons (Fsp3) is 0.429. The normalized spacial score (nSPS) is 30.8. The van der Waals surface area contributed by atoms with E-state index in [-0.39, 0.29) is 28.0 Å². The van der Waals surface area contributed by atoms with Crippen LogP contribution in [0.5, 0.6) is 0 Å². The molecule has 4 unspecified atom stereocenters. The number of aliphatic hydroxyl groups excluding tert-OH is 1. The second kappa shape index (κ2) is 9.64. The molecule has 5 aliphatic rings. The summed E-state index contributed by atoms with van der Waals surface area (Å²) in [7, 11) is 0. The Balaban J connectivity index is 1.25. The fourth-order valence-electron chi connectivity index (χ4n) is 11.0. The number of nitrogens with one attached hydrogen (secondary N) is 3. The van der Waals surface area contributed by atoms with Crippen molar-refractivity contribution in [2.75, 3.05) is 16.0 Å². The molecule has 2 saturated carbocycles. The molecule has 48 heavy (non-hydrogen) atoms. The number of Topliss-reactive ketones (excluding diaryl/α,β-unsaturated/α-hetero) is 1. The van der Waals surface area contributed by atoms with Gasteiger partial charge in [0, 0.05) is 32.9 Å². The van der Waals surface area contributed by atoms with Gasteiger partial charge in [-0.2, -0.15) is 0 Å².